The van der Waals surface area contributed by atoms with Gasteiger partial charge in [0.05, 0.1) is 36.6 Å². The number of aliphatic hydroxyl groups is 6. The van der Waals surface area contributed by atoms with Crippen LogP contribution in [0, 0.1) is 0 Å². The maximum absolute atomic E-state index is 10.4. The Morgan fingerprint density at radius 3 is 1.58 bits per heavy atom. The molecule has 156 valence electrons. The van der Waals surface area contributed by atoms with E-state index in [1.807, 2.05) is 0 Å². The third kappa shape index (κ3) is 11.8. The fourth-order valence-electron chi connectivity index (χ4n) is 2.75. The number of aliphatic hydroxyl groups excluding tert-OH is 6. The molecule has 0 rings (SSSR count). The highest BCUT2D eigenvalue weighted by Crippen LogP contribution is 2.16. The van der Waals surface area contributed by atoms with E-state index in [1.165, 1.54) is 0 Å². The molecule has 0 bridgehead atoms. The molecule has 0 radical (unpaired) electrons. The normalized spacial score (nSPS) is 18.7. The third-order valence-electron chi connectivity index (χ3n) is 4.61. The molecule has 8 nitrogen and oxygen atoms in total. The van der Waals surface area contributed by atoms with Crippen LogP contribution in [0.15, 0.2) is 0 Å². The number of rotatable bonds is 16. The number of carbonyl (C=O) groups is 1. The number of aliphatic carboxylic acids is 1. The average Bonchev–Trinajstić information content (AvgIpc) is 2.59. The molecule has 0 heterocycles. The zero-order chi connectivity index (χ0) is 20.1. The monoisotopic (exact) mass is 380 g/mol. The molecule has 0 spiro atoms. The van der Waals surface area contributed by atoms with E-state index in [2.05, 4.69) is 0 Å². The van der Waals surface area contributed by atoms with Crippen molar-refractivity contribution in [2.24, 2.45) is 0 Å². The first-order chi connectivity index (χ1) is 12.2. The van der Waals surface area contributed by atoms with Gasteiger partial charge in [0.15, 0.2) is 0 Å². The van der Waals surface area contributed by atoms with Gasteiger partial charge in [0, 0.05) is 19.3 Å². The lowest BCUT2D eigenvalue weighted by atomic mass is 9.95. The molecular weight excluding hydrogens is 344 g/mol. The van der Waals surface area contributed by atoms with Gasteiger partial charge in [0.2, 0.25) is 0 Å². The molecule has 0 fully saturated rings. The number of carboxylic acid groups (broad SMARTS) is 1. The number of carboxylic acids is 1. The quantitative estimate of drug-likeness (QED) is 0.186. The van der Waals surface area contributed by atoms with Crippen molar-refractivity contribution < 1.29 is 40.5 Å². The van der Waals surface area contributed by atoms with Gasteiger partial charge in [-0.1, -0.05) is 32.6 Å². The Labute approximate surface area is 155 Å². The number of hydrogen-bond donors (Lipinski definition) is 7. The second-order valence-electron chi connectivity index (χ2n) is 6.98. The zero-order valence-electron chi connectivity index (χ0n) is 15.6. The minimum Gasteiger partial charge on any atom is -0.481 e. The van der Waals surface area contributed by atoms with Crippen LogP contribution in [0.3, 0.4) is 0 Å². The second kappa shape index (κ2) is 14.3. The second-order valence-corrected chi connectivity index (χ2v) is 6.98. The van der Waals surface area contributed by atoms with Crippen molar-refractivity contribution >= 4 is 5.97 Å². The van der Waals surface area contributed by atoms with Crippen molar-refractivity contribution in [3.63, 3.8) is 0 Å². The molecule has 0 aromatic heterocycles. The van der Waals surface area contributed by atoms with Crippen LogP contribution in [0.5, 0.6) is 0 Å². The fourth-order valence-corrected chi connectivity index (χ4v) is 2.75. The van der Waals surface area contributed by atoms with Gasteiger partial charge >= 0.3 is 5.97 Å². The highest BCUT2D eigenvalue weighted by Gasteiger charge is 2.27. The summed E-state index contributed by atoms with van der Waals surface area (Å²) >= 11 is 0. The molecule has 0 aliphatic heterocycles. The molecule has 6 unspecified atom stereocenters. The van der Waals surface area contributed by atoms with Crippen LogP contribution in [0.2, 0.25) is 0 Å². The molecule has 6 atom stereocenters. The Bertz CT molecular complexity index is 365. The molecule has 7 N–H and O–H groups in total. The van der Waals surface area contributed by atoms with Gasteiger partial charge < -0.3 is 35.7 Å². The van der Waals surface area contributed by atoms with Crippen LogP contribution in [0.25, 0.3) is 0 Å². The van der Waals surface area contributed by atoms with Gasteiger partial charge in [-0.05, 0) is 19.3 Å². The minimum absolute atomic E-state index is 0.158. The summed E-state index contributed by atoms with van der Waals surface area (Å²) in [5, 5.41) is 67.2. The fraction of sp³-hybridized carbons (Fsp3) is 0.944. The van der Waals surface area contributed by atoms with Crippen LogP contribution in [-0.4, -0.2) is 78.3 Å². The lowest BCUT2D eigenvalue weighted by Crippen LogP contribution is -2.39. The highest BCUT2D eigenvalue weighted by atomic mass is 16.4. The van der Waals surface area contributed by atoms with E-state index in [4.69, 9.17) is 5.11 Å². The predicted molar refractivity (Wildman–Crippen MR) is 95.5 cm³/mol. The lowest BCUT2D eigenvalue weighted by Gasteiger charge is -2.26. The Morgan fingerprint density at radius 2 is 1.08 bits per heavy atom. The van der Waals surface area contributed by atoms with Crippen molar-refractivity contribution in [1.29, 1.82) is 0 Å². The first-order valence-corrected chi connectivity index (χ1v) is 9.49. The summed E-state index contributed by atoms with van der Waals surface area (Å²) in [5.74, 6) is -0.805. The standard InChI is InChI=1S/C18H36O8/c1-2-12(19)14(21)10-16(23)17(24)11-15(22)13(20)8-6-4-3-5-7-9-18(25)26/h12-17,19-24H,2-11H2,1H3,(H,25,26). The van der Waals surface area contributed by atoms with Crippen LogP contribution >= 0.6 is 0 Å². The predicted octanol–water partition coefficient (Wildman–Crippen LogP) is 0.157. The highest BCUT2D eigenvalue weighted by molar-refractivity contribution is 5.66. The first-order valence-electron chi connectivity index (χ1n) is 9.49. The first kappa shape index (κ1) is 25.2. The summed E-state index contributed by atoms with van der Waals surface area (Å²) in [7, 11) is 0. The van der Waals surface area contributed by atoms with E-state index in [-0.39, 0.29) is 19.3 Å². The molecule has 0 aromatic rings. The molecule has 0 saturated heterocycles. The Balaban J connectivity index is 3.94. The van der Waals surface area contributed by atoms with Crippen LogP contribution in [0.4, 0.5) is 0 Å². The van der Waals surface area contributed by atoms with E-state index < -0.39 is 42.6 Å². The van der Waals surface area contributed by atoms with Gasteiger partial charge in [-0.3, -0.25) is 4.79 Å². The smallest absolute Gasteiger partial charge is 0.303 e. The maximum atomic E-state index is 10.4. The maximum Gasteiger partial charge on any atom is 0.303 e. The summed E-state index contributed by atoms with van der Waals surface area (Å²) in [6.07, 6.45) is -2.81. The zero-order valence-corrected chi connectivity index (χ0v) is 15.6. The van der Waals surface area contributed by atoms with Gasteiger partial charge in [-0.25, -0.2) is 0 Å². The van der Waals surface area contributed by atoms with Crippen LogP contribution in [0.1, 0.15) is 71.1 Å². The van der Waals surface area contributed by atoms with E-state index >= 15 is 0 Å². The topological polar surface area (TPSA) is 159 Å². The summed E-state index contributed by atoms with van der Waals surface area (Å²) in [6, 6.07) is 0. The summed E-state index contributed by atoms with van der Waals surface area (Å²) in [6.45, 7) is 1.68. The van der Waals surface area contributed by atoms with Crippen molar-refractivity contribution in [2.75, 3.05) is 0 Å². The van der Waals surface area contributed by atoms with Gasteiger partial charge in [0.1, 0.15) is 0 Å². The largest absolute Gasteiger partial charge is 0.481 e. The van der Waals surface area contributed by atoms with Crippen molar-refractivity contribution in [2.45, 2.75) is 108 Å². The average molecular weight is 380 g/mol. The van der Waals surface area contributed by atoms with Gasteiger partial charge in [-0.2, -0.15) is 0 Å². The number of unbranched alkanes of at least 4 members (excludes halogenated alkanes) is 4. The Kier molecular flexibility index (Phi) is 13.9. The molecule has 0 aliphatic carbocycles. The molecule has 0 aliphatic rings. The van der Waals surface area contributed by atoms with Gasteiger partial charge in [0.25, 0.3) is 0 Å². The van der Waals surface area contributed by atoms with Crippen molar-refractivity contribution in [3.8, 4) is 0 Å². The molecule has 0 amide bonds. The third-order valence-corrected chi connectivity index (χ3v) is 4.61. The van der Waals surface area contributed by atoms with Crippen LogP contribution < -0.4 is 0 Å². The molecule has 0 aromatic carbocycles. The van der Waals surface area contributed by atoms with E-state index in [0.29, 0.717) is 25.7 Å². The van der Waals surface area contributed by atoms with Crippen LogP contribution in [-0.2, 0) is 4.79 Å². The summed E-state index contributed by atoms with van der Waals surface area (Å²) in [4.78, 5) is 10.4. The molecular formula is C18H36O8. The lowest BCUT2D eigenvalue weighted by molar-refractivity contribution is -0.137. The molecule has 8 heteroatoms. The van der Waals surface area contributed by atoms with E-state index in [9.17, 15) is 35.4 Å². The molecule has 0 saturated carbocycles. The van der Waals surface area contributed by atoms with Crippen molar-refractivity contribution in [3.05, 3.63) is 0 Å². The number of hydrogen-bond acceptors (Lipinski definition) is 7. The minimum atomic E-state index is -1.31. The summed E-state index contributed by atoms with van der Waals surface area (Å²) in [5.41, 5.74) is 0. The van der Waals surface area contributed by atoms with Gasteiger partial charge in [-0.15, -0.1) is 0 Å². The Morgan fingerprint density at radius 1 is 0.654 bits per heavy atom. The summed E-state index contributed by atoms with van der Waals surface area (Å²) < 4.78 is 0. The Hall–Kier alpha value is -0.770. The SMILES string of the molecule is CCC(O)C(O)CC(O)C(O)CC(O)C(O)CCCCCCCC(=O)O. The van der Waals surface area contributed by atoms with E-state index in [0.717, 1.165) is 19.3 Å². The molecule has 26 heavy (non-hydrogen) atoms. The van der Waals surface area contributed by atoms with E-state index in [1.54, 1.807) is 6.92 Å². The van der Waals surface area contributed by atoms with Crippen molar-refractivity contribution in [1.82, 2.24) is 0 Å².